The maximum atomic E-state index is 12.4. The average molecular weight is 340 g/mol. The summed E-state index contributed by atoms with van der Waals surface area (Å²) < 4.78 is 0. The van der Waals surface area contributed by atoms with Crippen LogP contribution < -0.4 is 16.4 Å². The van der Waals surface area contributed by atoms with Crippen molar-refractivity contribution in [2.24, 2.45) is 5.73 Å². The number of hydrogen-bond donors (Lipinski definition) is 3. The molecule has 4 N–H and O–H groups in total. The normalized spacial score (nSPS) is 15.6. The molecule has 0 bridgehead atoms. The fourth-order valence-corrected chi connectivity index (χ4v) is 2.83. The molecule has 0 atom stereocenters. The standard InChI is InChI=1S/C17H25N3O2.ClH/c1-3-7-15(21)19-13-8-6-9-14(12(13)2)20-16(22)17(18)10-4-5-11-17;/h6,8-9H,3-5,7,10-11,18H2,1-2H3,(H,19,21)(H,20,22);1H. The lowest BCUT2D eigenvalue weighted by molar-refractivity contribution is -0.121. The van der Waals surface area contributed by atoms with Crippen LogP contribution in [0.15, 0.2) is 18.2 Å². The van der Waals surface area contributed by atoms with Crippen molar-refractivity contribution in [3.05, 3.63) is 23.8 Å². The molecule has 1 saturated carbocycles. The van der Waals surface area contributed by atoms with Gasteiger partial charge in [-0.3, -0.25) is 9.59 Å². The predicted molar refractivity (Wildman–Crippen MR) is 96.0 cm³/mol. The molecule has 0 unspecified atom stereocenters. The molecule has 0 radical (unpaired) electrons. The largest absolute Gasteiger partial charge is 0.326 e. The van der Waals surface area contributed by atoms with Crippen LogP contribution in [0.25, 0.3) is 0 Å². The highest BCUT2D eigenvalue weighted by Crippen LogP contribution is 2.30. The van der Waals surface area contributed by atoms with Gasteiger partial charge >= 0.3 is 0 Å². The zero-order valence-corrected chi connectivity index (χ0v) is 14.6. The third-order valence-corrected chi connectivity index (χ3v) is 4.28. The van der Waals surface area contributed by atoms with Gasteiger partial charge in [0, 0.05) is 17.8 Å². The van der Waals surface area contributed by atoms with Crippen LogP contribution in [0.2, 0.25) is 0 Å². The van der Waals surface area contributed by atoms with Gasteiger partial charge < -0.3 is 16.4 Å². The van der Waals surface area contributed by atoms with Crippen molar-refractivity contribution in [2.75, 3.05) is 10.6 Å². The van der Waals surface area contributed by atoms with Crippen molar-refractivity contribution < 1.29 is 9.59 Å². The van der Waals surface area contributed by atoms with E-state index in [1.165, 1.54) is 0 Å². The first-order valence-electron chi connectivity index (χ1n) is 7.96. The van der Waals surface area contributed by atoms with Crippen molar-refractivity contribution in [2.45, 2.75) is 57.9 Å². The molecule has 128 valence electrons. The Hall–Kier alpha value is -1.59. The lowest BCUT2D eigenvalue weighted by atomic mass is 9.97. The Morgan fingerprint density at radius 2 is 1.74 bits per heavy atom. The summed E-state index contributed by atoms with van der Waals surface area (Å²) in [4.78, 5) is 24.1. The van der Waals surface area contributed by atoms with Crippen LogP contribution in [0.5, 0.6) is 0 Å². The smallest absolute Gasteiger partial charge is 0.244 e. The van der Waals surface area contributed by atoms with Gasteiger partial charge in [0.15, 0.2) is 0 Å². The minimum atomic E-state index is -0.756. The number of benzene rings is 1. The SMILES string of the molecule is CCCC(=O)Nc1cccc(NC(=O)C2(N)CCCC2)c1C.Cl. The van der Waals surface area contributed by atoms with Gasteiger partial charge in [-0.05, 0) is 43.9 Å². The van der Waals surface area contributed by atoms with Gasteiger partial charge in [0.2, 0.25) is 11.8 Å². The summed E-state index contributed by atoms with van der Waals surface area (Å²) in [6.45, 7) is 3.85. The number of nitrogens with one attached hydrogen (secondary N) is 2. The van der Waals surface area contributed by atoms with Crippen LogP contribution in [-0.2, 0) is 9.59 Å². The van der Waals surface area contributed by atoms with Crippen molar-refractivity contribution in [3.8, 4) is 0 Å². The Morgan fingerprint density at radius 1 is 1.17 bits per heavy atom. The van der Waals surface area contributed by atoms with Crippen molar-refractivity contribution in [3.63, 3.8) is 0 Å². The number of rotatable bonds is 5. The zero-order chi connectivity index (χ0) is 16.2. The third kappa shape index (κ3) is 4.69. The quantitative estimate of drug-likeness (QED) is 0.769. The molecule has 1 aromatic carbocycles. The number of anilines is 2. The highest BCUT2D eigenvalue weighted by Gasteiger charge is 2.37. The Morgan fingerprint density at radius 3 is 2.30 bits per heavy atom. The molecular formula is C17H26ClN3O2. The van der Waals surface area contributed by atoms with Gasteiger partial charge in [0.25, 0.3) is 0 Å². The molecular weight excluding hydrogens is 314 g/mol. The molecule has 0 aliphatic heterocycles. The van der Waals surface area contributed by atoms with E-state index in [0.29, 0.717) is 12.1 Å². The number of carbonyl (C=O) groups excluding carboxylic acids is 2. The summed E-state index contributed by atoms with van der Waals surface area (Å²) in [6.07, 6.45) is 4.74. The van der Waals surface area contributed by atoms with E-state index < -0.39 is 5.54 Å². The van der Waals surface area contributed by atoms with Crippen LogP contribution >= 0.6 is 12.4 Å². The van der Waals surface area contributed by atoms with Crippen molar-refractivity contribution in [1.29, 1.82) is 0 Å². The van der Waals surface area contributed by atoms with Gasteiger partial charge in [0.05, 0.1) is 5.54 Å². The topological polar surface area (TPSA) is 84.2 Å². The molecule has 2 rings (SSSR count). The van der Waals surface area contributed by atoms with Gasteiger partial charge in [-0.1, -0.05) is 25.8 Å². The number of carbonyl (C=O) groups is 2. The summed E-state index contributed by atoms with van der Waals surface area (Å²) in [5.41, 5.74) is 7.70. The fourth-order valence-electron chi connectivity index (χ4n) is 2.83. The van der Waals surface area contributed by atoms with Gasteiger partial charge in [-0.15, -0.1) is 12.4 Å². The van der Waals surface area contributed by atoms with Crippen LogP contribution in [0.4, 0.5) is 11.4 Å². The summed E-state index contributed by atoms with van der Waals surface area (Å²) in [5, 5.41) is 5.81. The van der Waals surface area contributed by atoms with E-state index in [4.69, 9.17) is 5.73 Å². The van der Waals surface area contributed by atoms with E-state index in [2.05, 4.69) is 10.6 Å². The van der Waals surface area contributed by atoms with E-state index in [9.17, 15) is 9.59 Å². The Bertz CT molecular complexity index is 569. The molecule has 0 saturated heterocycles. The average Bonchev–Trinajstić information content (AvgIpc) is 2.92. The molecule has 1 fully saturated rings. The Kier molecular flexibility index (Phi) is 7.03. The molecule has 5 nitrogen and oxygen atoms in total. The minimum Gasteiger partial charge on any atom is -0.326 e. The first-order chi connectivity index (χ1) is 10.5. The molecule has 1 aliphatic carbocycles. The second-order valence-corrected chi connectivity index (χ2v) is 6.09. The Labute approximate surface area is 143 Å². The van der Waals surface area contributed by atoms with Crippen LogP contribution in [0.1, 0.15) is 51.0 Å². The minimum absolute atomic E-state index is 0. The Balaban J connectivity index is 0.00000264. The second kappa shape index (κ2) is 8.31. The fraction of sp³-hybridized carbons (Fsp3) is 0.529. The number of amides is 2. The highest BCUT2D eigenvalue weighted by atomic mass is 35.5. The summed E-state index contributed by atoms with van der Waals surface area (Å²) in [7, 11) is 0. The molecule has 2 amide bonds. The van der Waals surface area contributed by atoms with E-state index >= 15 is 0 Å². The van der Waals surface area contributed by atoms with E-state index in [0.717, 1.165) is 43.4 Å². The molecule has 23 heavy (non-hydrogen) atoms. The van der Waals surface area contributed by atoms with Crippen LogP contribution in [0.3, 0.4) is 0 Å². The predicted octanol–water partition coefficient (Wildman–Crippen LogP) is 3.37. The highest BCUT2D eigenvalue weighted by molar-refractivity contribution is 6.00. The second-order valence-electron chi connectivity index (χ2n) is 6.09. The first-order valence-corrected chi connectivity index (χ1v) is 7.96. The molecule has 0 aromatic heterocycles. The van der Waals surface area contributed by atoms with Crippen LogP contribution in [-0.4, -0.2) is 17.4 Å². The number of halogens is 1. The first kappa shape index (κ1) is 19.5. The van der Waals surface area contributed by atoms with E-state index in [-0.39, 0.29) is 24.2 Å². The maximum absolute atomic E-state index is 12.4. The van der Waals surface area contributed by atoms with E-state index in [1.54, 1.807) is 0 Å². The van der Waals surface area contributed by atoms with Crippen LogP contribution in [0, 0.1) is 6.92 Å². The molecule has 0 spiro atoms. The number of nitrogens with two attached hydrogens (primary N) is 1. The zero-order valence-electron chi connectivity index (χ0n) is 13.8. The summed E-state index contributed by atoms with van der Waals surface area (Å²) in [6, 6.07) is 5.50. The summed E-state index contributed by atoms with van der Waals surface area (Å²) >= 11 is 0. The maximum Gasteiger partial charge on any atom is 0.244 e. The summed E-state index contributed by atoms with van der Waals surface area (Å²) in [5.74, 6) is -0.148. The van der Waals surface area contributed by atoms with Crippen molar-refractivity contribution >= 4 is 35.6 Å². The molecule has 1 aromatic rings. The van der Waals surface area contributed by atoms with E-state index in [1.807, 2.05) is 32.0 Å². The lowest BCUT2D eigenvalue weighted by Crippen LogP contribution is -2.48. The molecule has 6 heteroatoms. The monoisotopic (exact) mass is 339 g/mol. The van der Waals surface area contributed by atoms with Gasteiger partial charge in [-0.2, -0.15) is 0 Å². The lowest BCUT2D eigenvalue weighted by Gasteiger charge is -2.23. The van der Waals surface area contributed by atoms with Crippen molar-refractivity contribution in [1.82, 2.24) is 0 Å². The third-order valence-electron chi connectivity index (χ3n) is 4.28. The van der Waals surface area contributed by atoms with Gasteiger partial charge in [0.1, 0.15) is 0 Å². The molecule has 0 heterocycles. The van der Waals surface area contributed by atoms with Gasteiger partial charge in [-0.25, -0.2) is 0 Å². The number of hydrogen-bond acceptors (Lipinski definition) is 3. The molecule has 1 aliphatic rings.